The van der Waals surface area contributed by atoms with Crippen molar-refractivity contribution in [3.63, 3.8) is 0 Å². The monoisotopic (exact) mass is 255 g/mol. The first-order valence-electron chi connectivity index (χ1n) is 5.68. The van der Waals surface area contributed by atoms with Crippen LogP contribution in [0.2, 0.25) is 0 Å². The van der Waals surface area contributed by atoms with Gasteiger partial charge in [0.2, 0.25) is 0 Å². The second-order valence-electron chi connectivity index (χ2n) is 4.20. The molecule has 2 rings (SSSR count). The van der Waals surface area contributed by atoms with Crippen LogP contribution < -0.4 is 5.32 Å². The van der Waals surface area contributed by atoms with Crippen LogP contribution in [0.25, 0.3) is 4.85 Å². The van der Waals surface area contributed by atoms with Crippen molar-refractivity contribution < 1.29 is 4.79 Å². The molecule has 0 bridgehead atoms. The van der Waals surface area contributed by atoms with E-state index < -0.39 is 0 Å². The quantitative estimate of drug-likeness (QED) is 0.837. The van der Waals surface area contributed by atoms with E-state index in [0.29, 0.717) is 22.8 Å². The number of carbonyl (C=O) groups excluding carboxylic acids is 1. The summed E-state index contributed by atoms with van der Waals surface area (Å²) in [5.41, 5.74) is 1.92. The molecule has 2 aromatic rings. The molecule has 1 amide bonds. The van der Waals surface area contributed by atoms with Crippen LogP contribution in [-0.4, -0.2) is 20.7 Å². The third kappa shape index (κ3) is 2.60. The highest BCUT2D eigenvalue weighted by molar-refractivity contribution is 6.04. The molecule has 0 aromatic carbocycles. The number of nitrogens with one attached hydrogen (secondary N) is 1. The Balaban J connectivity index is 2.34. The van der Waals surface area contributed by atoms with Crippen LogP contribution >= 0.6 is 0 Å². The van der Waals surface area contributed by atoms with E-state index >= 15 is 0 Å². The normalized spacial score (nSPS) is 10.0. The number of carbonyl (C=O) groups is 1. The molecule has 2 heterocycles. The largest absolute Gasteiger partial charge is 0.304 e. The van der Waals surface area contributed by atoms with E-state index in [-0.39, 0.29) is 11.6 Å². The number of anilines is 1. The zero-order valence-electron chi connectivity index (χ0n) is 10.9. The number of hydrogen-bond acceptors (Lipinski definition) is 3. The van der Waals surface area contributed by atoms with Crippen LogP contribution in [0, 0.1) is 20.4 Å². The fourth-order valence-electron chi connectivity index (χ4n) is 1.71. The molecule has 0 saturated carbocycles. The van der Waals surface area contributed by atoms with E-state index in [1.54, 1.807) is 43.9 Å². The van der Waals surface area contributed by atoms with Crippen LogP contribution in [0.15, 0.2) is 18.3 Å². The molecule has 0 unspecified atom stereocenters. The molecule has 96 valence electrons. The van der Waals surface area contributed by atoms with Crippen molar-refractivity contribution >= 4 is 17.4 Å². The number of amides is 1. The Hall–Kier alpha value is -2.68. The van der Waals surface area contributed by atoms with Gasteiger partial charge in [0.05, 0.1) is 6.57 Å². The summed E-state index contributed by atoms with van der Waals surface area (Å²) < 4.78 is 1.59. The highest BCUT2D eigenvalue weighted by atomic mass is 16.2. The molecule has 6 nitrogen and oxygen atoms in total. The number of aromatic nitrogens is 3. The minimum atomic E-state index is -0.357. The van der Waals surface area contributed by atoms with Crippen molar-refractivity contribution in [2.24, 2.45) is 7.05 Å². The second-order valence-corrected chi connectivity index (χ2v) is 4.20. The minimum Gasteiger partial charge on any atom is -0.304 e. The predicted molar refractivity (Wildman–Crippen MR) is 71.1 cm³/mol. The molecule has 0 aliphatic heterocycles. The number of pyridine rings is 1. The maximum absolute atomic E-state index is 12.1. The lowest BCUT2D eigenvalue weighted by Gasteiger charge is -2.07. The molecule has 0 fully saturated rings. The molecule has 0 atom stereocenters. The molecule has 0 saturated heterocycles. The van der Waals surface area contributed by atoms with Crippen LogP contribution in [0.3, 0.4) is 0 Å². The van der Waals surface area contributed by atoms with E-state index in [1.807, 2.05) is 0 Å². The molecule has 19 heavy (non-hydrogen) atoms. The summed E-state index contributed by atoms with van der Waals surface area (Å²) in [7, 11) is 1.77. The van der Waals surface area contributed by atoms with E-state index in [1.165, 1.54) is 0 Å². The topological polar surface area (TPSA) is 64.2 Å². The number of rotatable bonds is 2. The third-order valence-corrected chi connectivity index (χ3v) is 2.66. The Morgan fingerprint density at radius 3 is 2.79 bits per heavy atom. The summed E-state index contributed by atoms with van der Waals surface area (Å²) in [6, 6.07) is 3.36. The molecule has 1 N–H and O–H groups in total. The summed E-state index contributed by atoms with van der Waals surface area (Å²) in [6.07, 6.45) is 1.73. The molecule has 0 spiro atoms. The van der Waals surface area contributed by atoms with Gasteiger partial charge in [0, 0.05) is 25.0 Å². The standard InChI is InChI=1S/C13H13N5O/c1-8-7-10(14-3)9(2)12(15-8)13(19)16-11-5-6-18(4)17-11/h5-7H,1-2,4H3,(H,16,17,19). The van der Waals surface area contributed by atoms with Crippen molar-refractivity contribution in [1.82, 2.24) is 14.8 Å². The van der Waals surface area contributed by atoms with Crippen molar-refractivity contribution in [3.05, 3.63) is 46.7 Å². The number of nitrogens with zero attached hydrogens (tertiary/aromatic N) is 4. The fraction of sp³-hybridized carbons (Fsp3) is 0.231. The molecule has 0 aliphatic carbocycles. The second kappa shape index (κ2) is 4.90. The van der Waals surface area contributed by atoms with Crippen LogP contribution in [-0.2, 0) is 7.05 Å². The van der Waals surface area contributed by atoms with Crippen molar-refractivity contribution in [2.75, 3.05) is 5.32 Å². The summed E-state index contributed by atoms with van der Waals surface area (Å²) in [6.45, 7) is 10.6. The lowest BCUT2D eigenvalue weighted by molar-refractivity contribution is 0.102. The van der Waals surface area contributed by atoms with Gasteiger partial charge in [0.15, 0.2) is 11.5 Å². The van der Waals surface area contributed by atoms with Crippen LogP contribution in [0.5, 0.6) is 0 Å². The summed E-state index contributed by atoms with van der Waals surface area (Å²) >= 11 is 0. The van der Waals surface area contributed by atoms with Gasteiger partial charge in [-0.25, -0.2) is 4.85 Å². The highest BCUT2D eigenvalue weighted by Crippen LogP contribution is 2.22. The molecular weight excluding hydrogens is 242 g/mol. The van der Waals surface area contributed by atoms with Gasteiger partial charge in [0.1, 0.15) is 5.69 Å². The Morgan fingerprint density at radius 2 is 2.21 bits per heavy atom. The van der Waals surface area contributed by atoms with Gasteiger partial charge < -0.3 is 5.32 Å². The molecule has 0 radical (unpaired) electrons. The van der Waals surface area contributed by atoms with Crippen LogP contribution in [0.1, 0.15) is 21.7 Å². The first kappa shape index (κ1) is 12.8. The molecule has 0 aliphatic rings. The van der Waals surface area contributed by atoms with E-state index in [9.17, 15) is 4.79 Å². The van der Waals surface area contributed by atoms with Gasteiger partial charge in [-0.15, -0.1) is 0 Å². The van der Waals surface area contributed by atoms with Gasteiger partial charge in [-0.05, 0) is 25.5 Å². The lowest BCUT2D eigenvalue weighted by atomic mass is 10.1. The van der Waals surface area contributed by atoms with Gasteiger partial charge in [-0.1, -0.05) is 0 Å². The summed E-state index contributed by atoms with van der Waals surface area (Å²) in [4.78, 5) is 19.7. The Kier molecular flexibility index (Phi) is 3.29. The predicted octanol–water partition coefficient (Wildman–Crippen LogP) is 2.24. The van der Waals surface area contributed by atoms with Crippen LogP contribution in [0.4, 0.5) is 11.5 Å². The zero-order valence-corrected chi connectivity index (χ0v) is 10.9. The zero-order chi connectivity index (χ0) is 14.0. The fourth-order valence-corrected chi connectivity index (χ4v) is 1.71. The van der Waals surface area contributed by atoms with Gasteiger partial charge >= 0.3 is 0 Å². The van der Waals surface area contributed by atoms with Crippen molar-refractivity contribution in [2.45, 2.75) is 13.8 Å². The highest BCUT2D eigenvalue weighted by Gasteiger charge is 2.15. The number of aryl methyl sites for hydroxylation is 2. The van der Waals surface area contributed by atoms with Crippen molar-refractivity contribution in [3.8, 4) is 0 Å². The summed E-state index contributed by atoms with van der Waals surface area (Å²) in [5.74, 6) is 0.101. The first-order chi connectivity index (χ1) is 9.01. The minimum absolute atomic E-state index is 0.261. The van der Waals surface area contributed by atoms with E-state index in [0.717, 1.165) is 0 Å². The molecular formula is C13H13N5O. The Bertz CT molecular complexity index is 681. The third-order valence-electron chi connectivity index (χ3n) is 2.66. The van der Waals surface area contributed by atoms with Gasteiger partial charge in [-0.2, -0.15) is 5.10 Å². The Morgan fingerprint density at radius 1 is 1.47 bits per heavy atom. The summed E-state index contributed by atoms with van der Waals surface area (Å²) in [5, 5.41) is 6.73. The SMILES string of the molecule is [C-]#[N+]c1cc(C)nc(C(=O)Nc2ccn(C)n2)c1C. The van der Waals surface area contributed by atoms with E-state index in [2.05, 4.69) is 20.2 Å². The molecule has 6 heteroatoms. The van der Waals surface area contributed by atoms with Crippen molar-refractivity contribution in [1.29, 1.82) is 0 Å². The maximum atomic E-state index is 12.1. The maximum Gasteiger partial charge on any atom is 0.274 e. The number of hydrogen-bond donors (Lipinski definition) is 1. The average molecular weight is 255 g/mol. The smallest absolute Gasteiger partial charge is 0.274 e. The Labute approximate surface area is 110 Å². The average Bonchev–Trinajstić information content (AvgIpc) is 2.77. The van der Waals surface area contributed by atoms with Gasteiger partial charge in [0.25, 0.3) is 5.91 Å². The lowest BCUT2D eigenvalue weighted by Crippen LogP contribution is -2.16. The van der Waals surface area contributed by atoms with E-state index in [4.69, 9.17) is 6.57 Å². The first-order valence-corrected chi connectivity index (χ1v) is 5.68. The van der Waals surface area contributed by atoms with Gasteiger partial charge in [-0.3, -0.25) is 14.5 Å². The molecule has 2 aromatic heterocycles.